The Hall–Kier alpha value is -1.32. The number of likely N-dealkylation sites (tertiary alicyclic amines) is 1. The molecule has 0 aromatic heterocycles. The Morgan fingerprint density at radius 1 is 1.40 bits per heavy atom. The summed E-state index contributed by atoms with van der Waals surface area (Å²) in [7, 11) is 0. The molecule has 84 valence electrons. The molecule has 0 atom stereocenters. The summed E-state index contributed by atoms with van der Waals surface area (Å²) in [6.07, 6.45) is 5.18. The van der Waals surface area contributed by atoms with E-state index in [0.29, 0.717) is 6.04 Å². The van der Waals surface area contributed by atoms with E-state index in [2.05, 4.69) is 5.32 Å². The largest absolute Gasteiger partial charge is 0.388 e. The summed E-state index contributed by atoms with van der Waals surface area (Å²) < 4.78 is 0. The summed E-state index contributed by atoms with van der Waals surface area (Å²) in [6, 6.07) is 0.440. The molecule has 0 aromatic carbocycles. The molecule has 15 heavy (non-hydrogen) atoms. The molecular formula is C11H19N3O. The van der Waals surface area contributed by atoms with Gasteiger partial charge in [-0.3, -0.25) is 4.79 Å². The molecule has 0 unspecified atom stereocenters. The first-order chi connectivity index (χ1) is 7.13. The lowest BCUT2D eigenvalue weighted by Crippen LogP contribution is -2.42. The lowest BCUT2D eigenvalue weighted by Gasteiger charge is -2.31. The van der Waals surface area contributed by atoms with Gasteiger partial charge in [-0.1, -0.05) is 0 Å². The van der Waals surface area contributed by atoms with Crippen LogP contribution in [0.5, 0.6) is 0 Å². The van der Waals surface area contributed by atoms with E-state index in [1.165, 1.54) is 6.21 Å². The Bertz CT molecular complexity index is 265. The molecule has 1 amide bonds. The maximum Gasteiger partial charge on any atom is 0.219 e. The van der Waals surface area contributed by atoms with E-state index in [1.807, 2.05) is 18.0 Å². The number of nitrogens with zero attached hydrogens (tertiary/aromatic N) is 1. The quantitative estimate of drug-likeness (QED) is 0.685. The fraction of sp³-hybridized carbons (Fsp3) is 0.636. The van der Waals surface area contributed by atoms with E-state index in [4.69, 9.17) is 5.41 Å². The molecule has 0 saturated carbocycles. The zero-order chi connectivity index (χ0) is 11.3. The fourth-order valence-corrected chi connectivity index (χ4v) is 1.65. The number of rotatable bonds is 3. The molecular weight excluding hydrogens is 190 g/mol. The van der Waals surface area contributed by atoms with Gasteiger partial charge in [0.25, 0.3) is 0 Å². The third kappa shape index (κ3) is 3.73. The monoisotopic (exact) mass is 209 g/mol. The third-order valence-corrected chi connectivity index (χ3v) is 2.71. The zero-order valence-electron chi connectivity index (χ0n) is 9.42. The van der Waals surface area contributed by atoms with Crippen molar-refractivity contribution < 1.29 is 4.79 Å². The normalized spacial score (nSPS) is 18.8. The van der Waals surface area contributed by atoms with Gasteiger partial charge in [0.1, 0.15) is 0 Å². The van der Waals surface area contributed by atoms with E-state index >= 15 is 0 Å². The van der Waals surface area contributed by atoms with E-state index in [9.17, 15) is 4.79 Å². The molecule has 1 rings (SSSR count). The van der Waals surface area contributed by atoms with Gasteiger partial charge in [0.05, 0.1) is 0 Å². The predicted octanol–water partition coefficient (Wildman–Crippen LogP) is 1.14. The van der Waals surface area contributed by atoms with Crippen molar-refractivity contribution >= 4 is 12.1 Å². The number of piperidine rings is 1. The van der Waals surface area contributed by atoms with Gasteiger partial charge in [0.15, 0.2) is 0 Å². The van der Waals surface area contributed by atoms with Crippen LogP contribution in [0.1, 0.15) is 26.7 Å². The summed E-state index contributed by atoms with van der Waals surface area (Å²) >= 11 is 0. The van der Waals surface area contributed by atoms with Crippen LogP contribution in [0.25, 0.3) is 0 Å². The molecule has 0 spiro atoms. The smallest absolute Gasteiger partial charge is 0.219 e. The molecule has 4 heteroatoms. The van der Waals surface area contributed by atoms with Crippen LogP contribution in [0.2, 0.25) is 0 Å². The Balaban J connectivity index is 2.32. The van der Waals surface area contributed by atoms with E-state index in [-0.39, 0.29) is 5.91 Å². The molecule has 1 aliphatic heterocycles. The second-order valence-electron chi connectivity index (χ2n) is 3.98. The highest BCUT2D eigenvalue weighted by molar-refractivity contribution is 5.74. The van der Waals surface area contributed by atoms with Crippen LogP contribution in [0.4, 0.5) is 0 Å². The predicted molar refractivity (Wildman–Crippen MR) is 61.0 cm³/mol. The molecule has 0 radical (unpaired) electrons. The van der Waals surface area contributed by atoms with Crippen molar-refractivity contribution in [1.29, 1.82) is 5.41 Å². The Morgan fingerprint density at radius 3 is 2.47 bits per heavy atom. The van der Waals surface area contributed by atoms with Crippen LogP contribution in [-0.2, 0) is 4.79 Å². The minimum absolute atomic E-state index is 0.166. The molecule has 0 bridgehead atoms. The highest BCUT2D eigenvalue weighted by Gasteiger charge is 2.19. The Kier molecular flexibility index (Phi) is 4.34. The third-order valence-electron chi connectivity index (χ3n) is 2.71. The first-order valence-corrected chi connectivity index (χ1v) is 5.32. The van der Waals surface area contributed by atoms with Crippen LogP contribution in [0.3, 0.4) is 0 Å². The zero-order valence-corrected chi connectivity index (χ0v) is 9.42. The van der Waals surface area contributed by atoms with Crippen molar-refractivity contribution in [2.45, 2.75) is 32.7 Å². The lowest BCUT2D eigenvalue weighted by molar-refractivity contribution is -0.129. The van der Waals surface area contributed by atoms with Gasteiger partial charge >= 0.3 is 0 Å². The van der Waals surface area contributed by atoms with Crippen LogP contribution < -0.4 is 5.32 Å². The van der Waals surface area contributed by atoms with Crippen molar-refractivity contribution in [2.75, 3.05) is 13.1 Å². The summed E-state index contributed by atoms with van der Waals surface area (Å²) in [6.45, 7) is 5.19. The maximum absolute atomic E-state index is 11.1. The Morgan fingerprint density at radius 2 is 2.00 bits per heavy atom. The molecule has 1 heterocycles. The van der Waals surface area contributed by atoms with Gasteiger partial charge in [-0.25, -0.2) is 0 Å². The molecule has 0 aliphatic carbocycles. The van der Waals surface area contributed by atoms with E-state index < -0.39 is 0 Å². The Labute approximate surface area is 90.8 Å². The summed E-state index contributed by atoms with van der Waals surface area (Å²) in [4.78, 5) is 13.0. The van der Waals surface area contributed by atoms with E-state index in [0.717, 1.165) is 31.5 Å². The average Bonchev–Trinajstić information content (AvgIpc) is 2.26. The van der Waals surface area contributed by atoms with Crippen molar-refractivity contribution in [3.05, 3.63) is 11.8 Å². The number of nitrogens with one attached hydrogen (secondary N) is 2. The van der Waals surface area contributed by atoms with Crippen molar-refractivity contribution in [3.8, 4) is 0 Å². The molecule has 0 aromatic rings. The lowest BCUT2D eigenvalue weighted by atomic mass is 10.1. The number of hydrogen-bond acceptors (Lipinski definition) is 3. The van der Waals surface area contributed by atoms with Crippen LogP contribution >= 0.6 is 0 Å². The van der Waals surface area contributed by atoms with Crippen LogP contribution in [0, 0.1) is 5.41 Å². The fourth-order valence-electron chi connectivity index (χ4n) is 1.65. The van der Waals surface area contributed by atoms with Gasteiger partial charge in [0, 0.05) is 38.5 Å². The first-order valence-electron chi connectivity index (χ1n) is 5.32. The van der Waals surface area contributed by atoms with Gasteiger partial charge < -0.3 is 15.6 Å². The number of carbonyl (C=O) groups excluding carboxylic acids is 1. The minimum Gasteiger partial charge on any atom is -0.388 e. The maximum atomic E-state index is 11.1. The second-order valence-corrected chi connectivity index (χ2v) is 3.98. The SMILES string of the molecule is CC(=O)N1CCC(N/C=C(/C)C=N)CC1. The second kappa shape index (κ2) is 5.53. The van der Waals surface area contributed by atoms with Crippen LogP contribution in [0.15, 0.2) is 11.8 Å². The number of amides is 1. The molecule has 4 nitrogen and oxygen atoms in total. The average molecular weight is 209 g/mol. The highest BCUT2D eigenvalue weighted by Crippen LogP contribution is 2.10. The number of carbonyl (C=O) groups is 1. The van der Waals surface area contributed by atoms with Gasteiger partial charge in [-0.15, -0.1) is 0 Å². The van der Waals surface area contributed by atoms with E-state index in [1.54, 1.807) is 6.92 Å². The van der Waals surface area contributed by atoms with Gasteiger partial charge in [0.2, 0.25) is 5.91 Å². The number of allylic oxidation sites excluding steroid dienone is 1. The highest BCUT2D eigenvalue weighted by atomic mass is 16.2. The topological polar surface area (TPSA) is 56.2 Å². The summed E-state index contributed by atoms with van der Waals surface area (Å²) in [5.74, 6) is 0.166. The molecule has 1 saturated heterocycles. The number of hydrogen-bond donors (Lipinski definition) is 2. The standard InChI is InChI=1S/C11H19N3O/c1-9(7-12)8-13-11-3-5-14(6-4-11)10(2)15/h7-8,11-13H,3-6H2,1-2H3/b9-8-,12-7?. The van der Waals surface area contributed by atoms with Crippen molar-refractivity contribution in [2.24, 2.45) is 0 Å². The summed E-state index contributed by atoms with van der Waals surface area (Å²) in [5.41, 5.74) is 0.920. The van der Waals surface area contributed by atoms with Crippen molar-refractivity contribution in [3.63, 3.8) is 0 Å². The van der Waals surface area contributed by atoms with Gasteiger partial charge in [-0.2, -0.15) is 0 Å². The molecule has 1 fully saturated rings. The molecule has 1 aliphatic rings. The van der Waals surface area contributed by atoms with Crippen LogP contribution in [-0.4, -0.2) is 36.2 Å². The minimum atomic E-state index is 0.166. The first kappa shape index (κ1) is 11.8. The van der Waals surface area contributed by atoms with Gasteiger partial charge in [-0.05, 0) is 25.3 Å². The van der Waals surface area contributed by atoms with Crippen molar-refractivity contribution in [1.82, 2.24) is 10.2 Å². The molecule has 2 N–H and O–H groups in total. The summed E-state index contributed by atoms with van der Waals surface area (Å²) in [5, 5.41) is 10.3.